The van der Waals surface area contributed by atoms with E-state index < -0.39 is 0 Å². The van der Waals surface area contributed by atoms with Crippen molar-refractivity contribution in [1.29, 1.82) is 0 Å². The molecule has 0 radical (unpaired) electrons. The molecule has 2 aromatic rings. The maximum atomic E-state index is 12.1. The summed E-state index contributed by atoms with van der Waals surface area (Å²) in [6.07, 6.45) is 6.02. The van der Waals surface area contributed by atoms with Crippen molar-refractivity contribution in [2.24, 2.45) is 0 Å². The highest BCUT2D eigenvalue weighted by atomic mass is 16.3. The van der Waals surface area contributed by atoms with E-state index >= 15 is 0 Å². The van der Waals surface area contributed by atoms with Gasteiger partial charge in [0.1, 0.15) is 6.26 Å². The van der Waals surface area contributed by atoms with Crippen molar-refractivity contribution in [3.05, 3.63) is 36.3 Å². The summed E-state index contributed by atoms with van der Waals surface area (Å²) in [6, 6.07) is 2.16. The molecule has 3 heterocycles. The van der Waals surface area contributed by atoms with Gasteiger partial charge in [-0.3, -0.25) is 9.48 Å². The largest absolute Gasteiger partial charge is 0.448 e. The summed E-state index contributed by atoms with van der Waals surface area (Å²) in [6.45, 7) is 3.13. The molecule has 0 saturated carbocycles. The fourth-order valence-corrected chi connectivity index (χ4v) is 2.26. The van der Waals surface area contributed by atoms with Crippen LogP contribution in [0.15, 0.2) is 29.1 Å². The first-order valence-electron chi connectivity index (χ1n) is 5.94. The van der Waals surface area contributed by atoms with Crippen LogP contribution in [0.1, 0.15) is 28.8 Å². The van der Waals surface area contributed by atoms with Gasteiger partial charge in [-0.1, -0.05) is 0 Å². The zero-order chi connectivity index (χ0) is 12.5. The lowest BCUT2D eigenvalue weighted by Crippen LogP contribution is -2.29. The Morgan fingerprint density at radius 1 is 1.56 bits per heavy atom. The number of likely N-dealkylation sites (tertiary alicyclic amines) is 1. The molecule has 1 unspecified atom stereocenters. The number of aryl methyl sites for hydroxylation is 1. The topological polar surface area (TPSA) is 64.2 Å². The number of nitrogens with zero attached hydrogens (tertiary/aromatic N) is 4. The Hall–Kier alpha value is -2.11. The molecule has 1 aliphatic heterocycles. The minimum atomic E-state index is -0.0680. The molecule has 94 valence electrons. The Kier molecular flexibility index (Phi) is 2.62. The van der Waals surface area contributed by atoms with E-state index in [0.29, 0.717) is 18.1 Å². The Labute approximate surface area is 104 Å². The van der Waals surface area contributed by atoms with Crippen molar-refractivity contribution in [3.63, 3.8) is 0 Å². The Morgan fingerprint density at radius 2 is 2.44 bits per heavy atom. The molecule has 1 aliphatic rings. The van der Waals surface area contributed by atoms with E-state index in [1.807, 2.05) is 16.9 Å². The third-order valence-corrected chi connectivity index (χ3v) is 3.19. The van der Waals surface area contributed by atoms with Gasteiger partial charge in [0.2, 0.25) is 0 Å². The van der Waals surface area contributed by atoms with E-state index in [9.17, 15) is 4.79 Å². The molecule has 3 rings (SSSR count). The van der Waals surface area contributed by atoms with E-state index in [-0.39, 0.29) is 11.9 Å². The summed E-state index contributed by atoms with van der Waals surface area (Å²) in [7, 11) is 0. The summed E-state index contributed by atoms with van der Waals surface area (Å²) >= 11 is 0. The number of oxazole rings is 1. The lowest BCUT2D eigenvalue weighted by molar-refractivity contribution is 0.0781. The maximum absolute atomic E-state index is 12.1. The lowest BCUT2D eigenvalue weighted by atomic mass is 10.3. The van der Waals surface area contributed by atoms with E-state index in [0.717, 1.165) is 13.0 Å². The fraction of sp³-hybridized carbons (Fsp3) is 0.417. The van der Waals surface area contributed by atoms with Crippen molar-refractivity contribution in [2.75, 3.05) is 13.1 Å². The number of carbonyl (C=O) groups excluding carboxylic acids is 1. The highest BCUT2D eigenvalue weighted by Gasteiger charge is 2.29. The zero-order valence-electron chi connectivity index (χ0n) is 10.1. The molecule has 1 atom stereocenters. The molecule has 0 aliphatic carbocycles. The van der Waals surface area contributed by atoms with Crippen LogP contribution in [0.2, 0.25) is 0 Å². The summed E-state index contributed by atoms with van der Waals surface area (Å²) in [5, 5.41) is 4.21. The van der Waals surface area contributed by atoms with Gasteiger partial charge in [-0.15, -0.1) is 0 Å². The first kappa shape index (κ1) is 11.0. The van der Waals surface area contributed by atoms with Gasteiger partial charge in [0.15, 0.2) is 11.6 Å². The van der Waals surface area contributed by atoms with Crippen molar-refractivity contribution >= 4 is 5.91 Å². The molecule has 6 heteroatoms. The van der Waals surface area contributed by atoms with Crippen molar-refractivity contribution in [3.8, 4) is 0 Å². The van der Waals surface area contributed by atoms with Crippen LogP contribution in [-0.4, -0.2) is 38.7 Å². The average molecular weight is 246 g/mol. The molecule has 6 nitrogen and oxygen atoms in total. The summed E-state index contributed by atoms with van der Waals surface area (Å²) in [5.74, 6) is 0.447. The number of hydrogen-bond donors (Lipinski definition) is 0. The maximum Gasteiger partial charge on any atom is 0.275 e. The molecule has 2 aromatic heterocycles. The molecule has 1 fully saturated rings. The second kappa shape index (κ2) is 4.29. The predicted molar refractivity (Wildman–Crippen MR) is 63.0 cm³/mol. The SMILES string of the molecule is Cc1nc(C(=O)N2CCC(n3cccn3)C2)co1. The van der Waals surface area contributed by atoms with Crippen molar-refractivity contribution < 1.29 is 9.21 Å². The molecular weight excluding hydrogens is 232 g/mol. The van der Waals surface area contributed by atoms with Crippen LogP contribution in [0.5, 0.6) is 0 Å². The number of aromatic nitrogens is 3. The molecule has 1 amide bonds. The van der Waals surface area contributed by atoms with E-state index in [2.05, 4.69) is 10.1 Å². The lowest BCUT2D eigenvalue weighted by Gasteiger charge is -2.15. The Bertz CT molecular complexity index is 546. The van der Waals surface area contributed by atoms with Gasteiger partial charge in [0, 0.05) is 32.4 Å². The Morgan fingerprint density at radius 3 is 3.11 bits per heavy atom. The fourth-order valence-electron chi connectivity index (χ4n) is 2.26. The summed E-state index contributed by atoms with van der Waals surface area (Å²) in [4.78, 5) is 18.0. The van der Waals surface area contributed by atoms with Crippen LogP contribution >= 0.6 is 0 Å². The van der Waals surface area contributed by atoms with Gasteiger partial charge in [0.05, 0.1) is 6.04 Å². The molecule has 1 saturated heterocycles. The Balaban J connectivity index is 1.70. The van der Waals surface area contributed by atoms with Crippen LogP contribution in [-0.2, 0) is 0 Å². The van der Waals surface area contributed by atoms with Crippen LogP contribution in [0.25, 0.3) is 0 Å². The zero-order valence-corrected chi connectivity index (χ0v) is 10.1. The highest BCUT2D eigenvalue weighted by Crippen LogP contribution is 2.22. The van der Waals surface area contributed by atoms with Crippen LogP contribution in [0, 0.1) is 6.92 Å². The van der Waals surface area contributed by atoms with Gasteiger partial charge in [-0.25, -0.2) is 4.98 Å². The molecule has 0 N–H and O–H groups in total. The third kappa shape index (κ3) is 1.90. The first-order valence-corrected chi connectivity index (χ1v) is 5.94. The van der Waals surface area contributed by atoms with Gasteiger partial charge >= 0.3 is 0 Å². The number of carbonyl (C=O) groups is 1. The van der Waals surface area contributed by atoms with Gasteiger partial charge in [-0.05, 0) is 12.5 Å². The molecule has 0 bridgehead atoms. The van der Waals surface area contributed by atoms with E-state index in [4.69, 9.17) is 4.42 Å². The predicted octanol–water partition coefficient (Wildman–Crippen LogP) is 1.27. The second-order valence-corrected chi connectivity index (χ2v) is 4.43. The molecule has 0 aromatic carbocycles. The molecular formula is C12H14N4O2. The van der Waals surface area contributed by atoms with Crippen LogP contribution in [0.3, 0.4) is 0 Å². The van der Waals surface area contributed by atoms with Crippen LogP contribution in [0.4, 0.5) is 0 Å². The monoisotopic (exact) mass is 246 g/mol. The van der Waals surface area contributed by atoms with Crippen molar-refractivity contribution in [1.82, 2.24) is 19.7 Å². The van der Waals surface area contributed by atoms with Gasteiger partial charge in [0.25, 0.3) is 5.91 Å². The highest BCUT2D eigenvalue weighted by molar-refractivity contribution is 5.92. The normalized spacial score (nSPS) is 19.4. The minimum absolute atomic E-state index is 0.0680. The van der Waals surface area contributed by atoms with E-state index in [1.165, 1.54) is 6.26 Å². The first-order chi connectivity index (χ1) is 8.74. The third-order valence-electron chi connectivity index (χ3n) is 3.19. The number of hydrogen-bond acceptors (Lipinski definition) is 4. The van der Waals surface area contributed by atoms with Gasteiger partial charge in [-0.2, -0.15) is 5.10 Å². The standard InChI is InChI=1S/C12H14N4O2/c1-9-14-11(8-18-9)12(17)15-6-3-10(7-15)16-5-2-4-13-16/h2,4-5,8,10H,3,6-7H2,1H3. The summed E-state index contributed by atoms with van der Waals surface area (Å²) < 4.78 is 6.97. The smallest absolute Gasteiger partial charge is 0.275 e. The average Bonchev–Trinajstić information content (AvgIpc) is 3.09. The van der Waals surface area contributed by atoms with Crippen LogP contribution < -0.4 is 0 Å². The van der Waals surface area contributed by atoms with Gasteiger partial charge < -0.3 is 9.32 Å². The number of rotatable bonds is 2. The molecule has 18 heavy (non-hydrogen) atoms. The van der Waals surface area contributed by atoms with E-state index in [1.54, 1.807) is 18.0 Å². The number of amides is 1. The second-order valence-electron chi connectivity index (χ2n) is 4.43. The molecule has 0 spiro atoms. The summed E-state index contributed by atoms with van der Waals surface area (Å²) in [5.41, 5.74) is 0.383. The quantitative estimate of drug-likeness (QED) is 0.800. The minimum Gasteiger partial charge on any atom is -0.448 e. The van der Waals surface area contributed by atoms with Crippen molar-refractivity contribution in [2.45, 2.75) is 19.4 Å².